The Morgan fingerprint density at radius 1 is 1.12 bits per heavy atom. The summed E-state index contributed by atoms with van der Waals surface area (Å²) in [6.45, 7) is 5.85. The maximum absolute atomic E-state index is 12.8. The first-order valence-electron chi connectivity index (χ1n) is 8.21. The van der Waals surface area contributed by atoms with Crippen molar-refractivity contribution in [2.24, 2.45) is 11.7 Å². The van der Waals surface area contributed by atoms with Crippen molar-refractivity contribution in [2.75, 3.05) is 5.32 Å². The summed E-state index contributed by atoms with van der Waals surface area (Å²) in [7, 11) is 0. The van der Waals surface area contributed by atoms with Gasteiger partial charge in [0.2, 0.25) is 5.91 Å². The van der Waals surface area contributed by atoms with Crippen LogP contribution in [0.5, 0.6) is 0 Å². The van der Waals surface area contributed by atoms with Crippen molar-refractivity contribution in [3.05, 3.63) is 65.2 Å². The molecule has 0 aliphatic rings. The van der Waals surface area contributed by atoms with Gasteiger partial charge in [0.25, 0.3) is 0 Å². The molecule has 2 unspecified atom stereocenters. The van der Waals surface area contributed by atoms with Crippen LogP contribution in [-0.2, 0) is 4.79 Å². The molecule has 0 heterocycles. The highest BCUT2D eigenvalue weighted by Gasteiger charge is 2.22. The molecular weight excluding hydrogens is 300 g/mol. The van der Waals surface area contributed by atoms with Crippen LogP contribution in [0.1, 0.15) is 41.8 Å². The molecule has 0 spiro atoms. The molecule has 4 heteroatoms. The van der Waals surface area contributed by atoms with E-state index in [-0.39, 0.29) is 17.6 Å². The van der Waals surface area contributed by atoms with E-state index in [1.807, 2.05) is 45.0 Å². The number of hydrogen-bond donors (Lipinski definition) is 2. The molecule has 0 aromatic heterocycles. The van der Waals surface area contributed by atoms with Crippen molar-refractivity contribution in [3.8, 4) is 0 Å². The molecule has 0 saturated heterocycles. The van der Waals surface area contributed by atoms with Crippen LogP contribution in [0.2, 0.25) is 0 Å². The van der Waals surface area contributed by atoms with Crippen molar-refractivity contribution in [2.45, 2.75) is 33.2 Å². The minimum Gasteiger partial charge on any atom is -0.324 e. The van der Waals surface area contributed by atoms with Crippen LogP contribution in [-0.4, -0.2) is 17.7 Å². The molecule has 3 N–H and O–H groups in total. The lowest BCUT2D eigenvalue weighted by molar-refractivity contribution is -0.118. The van der Waals surface area contributed by atoms with Crippen LogP contribution >= 0.6 is 0 Å². The molecule has 0 saturated carbocycles. The Hall–Kier alpha value is -2.46. The van der Waals surface area contributed by atoms with E-state index in [9.17, 15) is 9.59 Å². The van der Waals surface area contributed by atoms with Gasteiger partial charge in [0.1, 0.15) is 0 Å². The van der Waals surface area contributed by atoms with Crippen molar-refractivity contribution in [3.63, 3.8) is 0 Å². The lowest BCUT2D eigenvalue weighted by atomic mass is 9.97. The zero-order valence-electron chi connectivity index (χ0n) is 14.4. The molecule has 1 amide bonds. The number of carbonyl (C=O) groups is 2. The first-order valence-corrected chi connectivity index (χ1v) is 8.21. The van der Waals surface area contributed by atoms with Crippen molar-refractivity contribution < 1.29 is 9.59 Å². The SMILES string of the molecule is CCC(C)C(N)C(=O)Nc1ccc(C)cc1C(=O)c1ccccc1. The number of carbonyl (C=O) groups excluding carboxylic acids is 2. The Morgan fingerprint density at radius 3 is 2.42 bits per heavy atom. The highest BCUT2D eigenvalue weighted by atomic mass is 16.2. The van der Waals surface area contributed by atoms with Crippen LogP contribution in [0.15, 0.2) is 48.5 Å². The summed E-state index contributed by atoms with van der Waals surface area (Å²) >= 11 is 0. The first-order chi connectivity index (χ1) is 11.4. The topological polar surface area (TPSA) is 72.2 Å². The number of hydrogen-bond acceptors (Lipinski definition) is 3. The highest BCUT2D eigenvalue weighted by molar-refractivity contribution is 6.14. The number of rotatable bonds is 6. The molecule has 0 radical (unpaired) electrons. The number of anilines is 1. The smallest absolute Gasteiger partial charge is 0.241 e. The number of ketones is 1. The molecule has 0 fully saturated rings. The van der Waals surface area contributed by atoms with Crippen LogP contribution in [0.25, 0.3) is 0 Å². The second-order valence-corrected chi connectivity index (χ2v) is 6.14. The lowest BCUT2D eigenvalue weighted by Gasteiger charge is -2.19. The van der Waals surface area contributed by atoms with Crippen molar-refractivity contribution >= 4 is 17.4 Å². The van der Waals surface area contributed by atoms with Gasteiger partial charge in [-0.15, -0.1) is 0 Å². The monoisotopic (exact) mass is 324 g/mol. The first kappa shape index (κ1) is 17.9. The fourth-order valence-electron chi connectivity index (χ4n) is 2.43. The van der Waals surface area contributed by atoms with Gasteiger partial charge in [0, 0.05) is 11.1 Å². The van der Waals surface area contributed by atoms with E-state index in [1.165, 1.54) is 0 Å². The summed E-state index contributed by atoms with van der Waals surface area (Å²) in [6.07, 6.45) is 0.818. The van der Waals surface area contributed by atoms with Gasteiger partial charge in [0.05, 0.1) is 11.7 Å². The average Bonchev–Trinajstić information content (AvgIpc) is 2.61. The molecule has 126 valence electrons. The van der Waals surface area contributed by atoms with E-state index in [1.54, 1.807) is 24.3 Å². The molecule has 0 aliphatic heterocycles. The third kappa shape index (κ3) is 4.09. The summed E-state index contributed by atoms with van der Waals surface area (Å²) in [5.41, 5.74) is 8.51. The fraction of sp³-hybridized carbons (Fsp3) is 0.300. The van der Waals surface area contributed by atoms with E-state index in [0.717, 1.165) is 12.0 Å². The fourth-order valence-corrected chi connectivity index (χ4v) is 2.43. The number of nitrogens with two attached hydrogens (primary N) is 1. The van der Waals surface area contributed by atoms with Gasteiger partial charge < -0.3 is 11.1 Å². The normalized spacial score (nSPS) is 13.2. The predicted octanol–water partition coefficient (Wildman–Crippen LogP) is 3.54. The van der Waals surface area contributed by atoms with Crippen molar-refractivity contribution in [1.29, 1.82) is 0 Å². The third-order valence-electron chi connectivity index (χ3n) is 4.27. The minimum absolute atomic E-state index is 0.0729. The second-order valence-electron chi connectivity index (χ2n) is 6.14. The molecule has 2 aromatic carbocycles. The Labute approximate surface area is 143 Å². The van der Waals surface area contributed by atoms with Crippen LogP contribution in [0, 0.1) is 12.8 Å². The molecule has 0 aliphatic carbocycles. The van der Waals surface area contributed by atoms with E-state index in [0.29, 0.717) is 16.8 Å². The van der Waals surface area contributed by atoms with E-state index in [4.69, 9.17) is 5.73 Å². The Morgan fingerprint density at radius 2 is 1.79 bits per heavy atom. The molecule has 0 bridgehead atoms. The van der Waals surface area contributed by atoms with Gasteiger partial charge in [-0.25, -0.2) is 0 Å². The van der Waals surface area contributed by atoms with Gasteiger partial charge in [-0.1, -0.05) is 62.2 Å². The maximum Gasteiger partial charge on any atom is 0.241 e. The Bertz CT molecular complexity index is 726. The molecule has 4 nitrogen and oxygen atoms in total. The second kappa shape index (κ2) is 7.88. The van der Waals surface area contributed by atoms with Crippen molar-refractivity contribution in [1.82, 2.24) is 0 Å². The lowest BCUT2D eigenvalue weighted by Crippen LogP contribution is -2.40. The Kier molecular flexibility index (Phi) is 5.88. The summed E-state index contributed by atoms with van der Waals surface area (Å²) in [5, 5.41) is 2.82. The highest BCUT2D eigenvalue weighted by Crippen LogP contribution is 2.22. The van der Waals surface area contributed by atoms with E-state index in [2.05, 4.69) is 5.32 Å². The zero-order chi connectivity index (χ0) is 17.7. The Balaban J connectivity index is 2.32. The quantitative estimate of drug-likeness (QED) is 0.798. The molecule has 2 aromatic rings. The van der Waals surface area contributed by atoms with Gasteiger partial charge in [0.15, 0.2) is 5.78 Å². The van der Waals surface area contributed by atoms with Gasteiger partial charge in [-0.05, 0) is 25.0 Å². The van der Waals surface area contributed by atoms with E-state index < -0.39 is 6.04 Å². The molecular formula is C20H24N2O2. The van der Waals surface area contributed by atoms with Crippen LogP contribution in [0.4, 0.5) is 5.69 Å². The number of nitrogens with one attached hydrogen (secondary N) is 1. The summed E-state index contributed by atoms with van der Waals surface area (Å²) in [6, 6.07) is 13.8. The molecule has 24 heavy (non-hydrogen) atoms. The molecule has 2 rings (SSSR count). The van der Waals surface area contributed by atoms with Gasteiger partial charge >= 0.3 is 0 Å². The summed E-state index contributed by atoms with van der Waals surface area (Å²) in [4.78, 5) is 25.1. The predicted molar refractivity (Wildman–Crippen MR) is 97.1 cm³/mol. The zero-order valence-corrected chi connectivity index (χ0v) is 14.4. The van der Waals surface area contributed by atoms with Gasteiger partial charge in [-0.3, -0.25) is 9.59 Å². The number of benzene rings is 2. The average molecular weight is 324 g/mol. The van der Waals surface area contributed by atoms with Crippen LogP contribution in [0.3, 0.4) is 0 Å². The summed E-state index contributed by atoms with van der Waals surface area (Å²) in [5.74, 6) is -0.314. The third-order valence-corrected chi connectivity index (χ3v) is 4.27. The van der Waals surface area contributed by atoms with Gasteiger partial charge in [-0.2, -0.15) is 0 Å². The number of amides is 1. The standard InChI is InChI=1S/C20H24N2O2/c1-4-14(3)18(21)20(24)22-17-11-10-13(2)12-16(17)19(23)15-8-6-5-7-9-15/h5-12,14,18H,4,21H2,1-3H3,(H,22,24). The molecule has 2 atom stereocenters. The van der Waals surface area contributed by atoms with E-state index >= 15 is 0 Å². The summed E-state index contributed by atoms with van der Waals surface area (Å²) < 4.78 is 0. The maximum atomic E-state index is 12.8. The van der Waals surface area contributed by atoms with Crippen LogP contribution < -0.4 is 11.1 Å². The largest absolute Gasteiger partial charge is 0.324 e. The minimum atomic E-state index is -0.601. The number of aryl methyl sites for hydroxylation is 1.